The minimum Gasteiger partial charge on any atom is -0.448 e. The standard InChI is InChI=1S/C22H31N3O3/c1-8-12(2)21-24-19(16(6)27-21)10-14(4)22-25-18(17(7)28-22)9-13(3)20-23-15(5)11-26-20/h11-14H,8-10H2,1-7H3. The molecule has 0 spiro atoms. The van der Waals surface area contributed by atoms with Crippen LogP contribution in [0.15, 0.2) is 19.5 Å². The van der Waals surface area contributed by atoms with E-state index in [4.69, 9.17) is 23.2 Å². The number of oxazole rings is 3. The van der Waals surface area contributed by atoms with Crippen LogP contribution in [0.25, 0.3) is 0 Å². The van der Waals surface area contributed by atoms with E-state index in [2.05, 4.69) is 32.7 Å². The van der Waals surface area contributed by atoms with E-state index in [1.807, 2.05) is 20.8 Å². The summed E-state index contributed by atoms with van der Waals surface area (Å²) in [7, 11) is 0. The third-order valence-corrected chi connectivity index (χ3v) is 5.33. The summed E-state index contributed by atoms with van der Waals surface area (Å²) in [6.45, 7) is 14.4. The molecule has 152 valence electrons. The van der Waals surface area contributed by atoms with Crippen molar-refractivity contribution in [2.24, 2.45) is 0 Å². The molecule has 0 saturated heterocycles. The number of aryl methyl sites for hydroxylation is 3. The molecule has 0 aliphatic rings. The average Bonchev–Trinajstić information content (AvgIpc) is 3.34. The zero-order chi connectivity index (χ0) is 20.4. The Morgan fingerprint density at radius 1 is 0.750 bits per heavy atom. The fraction of sp³-hybridized carbons (Fsp3) is 0.591. The van der Waals surface area contributed by atoms with Gasteiger partial charge in [0.2, 0.25) is 0 Å². The van der Waals surface area contributed by atoms with Crippen molar-refractivity contribution in [3.63, 3.8) is 0 Å². The van der Waals surface area contributed by atoms with Crippen molar-refractivity contribution in [1.29, 1.82) is 0 Å². The second-order valence-corrected chi connectivity index (χ2v) is 7.96. The lowest BCUT2D eigenvalue weighted by Gasteiger charge is -2.06. The Morgan fingerprint density at radius 2 is 1.25 bits per heavy atom. The van der Waals surface area contributed by atoms with Gasteiger partial charge in [-0.2, -0.15) is 0 Å². The highest BCUT2D eigenvalue weighted by Gasteiger charge is 2.22. The summed E-state index contributed by atoms with van der Waals surface area (Å²) in [5, 5.41) is 0. The first-order valence-electron chi connectivity index (χ1n) is 10.1. The molecule has 0 bridgehead atoms. The maximum absolute atomic E-state index is 5.99. The van der Waals surface area contributed by atoms with Crippen LogP contribution in [-0.4, -0.2) is 15.0 Å². The molecular weight excluding hydrogens is 354 g/mol. The van der Waals surface area contributed by atoms with Crippen LogP contribution in [0.5, 0.6) is 0 Å². The molecule has 28 heavy (non-hydrogen) atoms. The molecular formula is C22H31N3O3. The number of nitrogens with zero attached hydrogens (tertiary/aromatic N) is 3. The fourth-order valence-electron chi connectivity index (χ4n) is 3.23. The molecule has 0 amide bonds. The van der Waals surface area contributed by atoms with E-state index in [0.29, 0.717) is 5.92 Å². The lowest BCUT2D eigenvalue weighted by Crippen LogP contribution is -2.03. The van der Waals surface area contributed by atoms with Gasteiger partial charge in [-0.15, -0.1) is 0 Å². The van der Waals surface area contributed by atoms with Gasteiger partial charge < -0.3 is 13.3 Å². The predicted octanol–water partition coefficient (Wildman–Crippen LogP) is 5.78. The first-order chi connectivity index (χ1) is 13.3. The van der Waals surface area contributed by atoms with Crippen molar-refractivity contribution >= 4 is 0 Å². The van der Waals surface area contributed by atoms with E-state index in [-0.39, 0.29) is 11.8 Å². The number of hydrogen-bond donors (Lipinski definition) is 0. The highest BCUT2D eigenvalue weighted by molar-refractivity contribution is 5.17. The van der Waals surface area contributed by atoms with Crippen molar-refractivity contribution < 1.29 is 13.3 Å². The molecule has 3 rings (SSSR count). The van der Waals surface area contributed by atoms with Gasteiger partial charge in [0.05, 0.1) is 17.1 Å². The van der Waals surface area contributed by atoms with Gasteiger partial charge in [0.25, 0.3) is 0 Å². The Labute approximate surface area is 166 Å². The molecule has 3 heterocycles. The van der Waals surface area contributed by atoms with E-state index in [0.717, 1.165) is 65.5 Å². The fourth-order valence-corrected chi connectivity index (χ4v) is 3.23. The Balaban J connectivity index is 1.70. The van der Waals surface area contributed by atoms with E-state index in [1.54, 1.807) is 6.26 Å². The summed E-state index contributed by atoms with van der Waals surface area (Å²) in [6.07, 6.45) is 4.19. The van der Waals surface area contributed by atoms with Crippen LogP contribution in [-0.2, 0) is 12.8 Å². The van der Waals surface area contributed by atoms with E-state index in [9.17, 15) is 0 Å². The highest BCUT2D eigenvalue weighted by atomic mass is 16.4. The lowest BCUT2D eigenvalue weighted by molar-refractivity contribution is 0.430. The van der Waals surface area contributed by atoms with E-state index < -0.39 is 0 Å². The molecule has 3 atom stereocenters. The number of rotatable bonds is 8. The predicted molar refractivity (Wildman–Crippen MR) is 107 cm³/mol. The van der Waals surface area contributed by atoms with Gasteiger partial charge in [0.15, 0.2) is 17.7 Å². The zero-order valence-electron chi connectivity index (χ0n) is 18.0. The maximum Gasteiger partial charge on any atom is 0.197 e. The van der Waals surface area contributed by atoms with E-state index in [1.165, 1.54) is 0 Å². The molecule has 0 radical (unpaired) electrons. The highest BCUT2D eigenvalue weighted by Crippen LogP contribution is 2.28. The van der Waals surface area contributed by atoms with Crippen molar-refractivity contribution in [3.8, 4) is 0 Å². The number of aromatic nitrogens is 3. The Hall–Kier alpha value is -2.37. The summed E-state index contributed by atoms with van der Waals surface area (Å²) in [5.74, 6) is 4.66. The number of hydrogen-bond acceptors (Lipinski definition) is 6. The molecule has 6 nitrogen and oxygen atoms in total. The van der Waals surface area contributed by atoms with Crippen LogP contribution >= 0.6 is 0 Å². The summed E-state index contributed by atoms with van der Waals surface area (Å²) < 4.78 is 17.4. The van der Waals surface area contributed by atoms with Crippen LogP contribution in [0.1, 0.15) is 98.1 Å². The molecule has 0 saturated carbocycles. The minimum atomic E-state index is 0.125. The largest absolute Gasteiger partial charge is 0.448 e. The summed E-state index contributed by atoms with van der Waals surface area (Å²) in [5.41, 5.74) is 2.85. The second kappa shape index (κ2) is 8.33. The van der Waals surface area contributed by atoms with Crippen LogP contribution < -0.4 is 0 Å². The van der Waals surface area contributed by atoms with Crippen molar-refractivity contribution in [1.82, 2.24) is 15.0 Å². The Bertz CT molecular complexity index is 922. The van der Waals surface area contributed by atoms with Crippen molar-refractivity contribution in [3.05, 3.63) is 52.5 Å². The van der Waals surface area contributed by atoms with Crippen LogP contribution in [0.2, 0.25) is 0 Å². The van der Waals surface area contributed by atoms with Gasteiger partial charge in [0, 0.05) is 30.6 Å². The SMILES string of the molecule is CCC(C)c1nc(CC(C)c2nc(CC(C)c3nc(C)co3)c(C)o2)c(C)o1. The monoisotopic (exact) mass is 385 g/mol. The summed E-state index contributed by atoms with van der Waals surface area (Å²) >= 11 is 0. The van der Waals surface area contributed by atoms with E-state index >= 15 is 0 Å². The average molecular weight is 386 g/mol. The van der Waals surface area contributed by atoms with Crippen LogP contribution in [0.3, 0.4) is 0 Å². The van der Waals surface area contributed by atoms with Gasteiger partial charge in [-0.1, -0.05) is 27.7 Å². The normalized spacial score (nSPS) is 15.0. The van der Waals surface area contributed by atoms with Gasteiger partial charge in [-0.25, -0.2) is 15.0 Å². The lowest BCUT2D eigenvalue weighted by atomic mass is 10.0. The first kappa shape index (κ1) is 20.4. The molecule has 6 heteroatoms. The molecule has 3 aromatic heterocycles. The summed E-state index contributed by atoms with van der Waals surface area (Å²) in [4.78, 5) is 13.9. The maximum atomic E-state index is 5.99. The van der Waals surface area contributed by atoms with Gasteiger partial charge in [-0.05, 0) is 27.2 Å². The minimum absolute atomic E-state index is 0.125. The molecule has 0 aliphatic carbocycles. The molecule has 3 unspecified atom stereocenters. The van der Waals surface area contributed by atoms with Crippen molar-refractivity contribution in [2.45, 2.75) is 85.5 Å². The van der Waals surface area contributed by atoms with Crippen LogP contribution in [0.4, 0.5) is 0 Å². The zero-order valence-corrected chi connectivity index (χ0v) is 18.0. The van der Waals surface area contributed by atoms with Crippen LogP contribution in [0, 0.1) is 20.8 Å². The molecule has 0 aliphatic heterocycles. The quantitative estimate of drug-likeness (QED) is 0.489. The molecule has 3 aromatic rings. The Morgan fingerprint density at radius 3 is 1.71 bits per heavy atom. The first-order valence-corrected chi connectivity index (χ1v) is 10.1. The van der Waals surface area contributed by atoms with Gasteiger partial charge in [0.1, 0.15) is 17.8 Å². The van der Waals surface area contributed by atoms with Gasteiger partial charge >= 0.3 is 0 Å². The third-order valence-electron chi connectivity index (χ3n) is 5.33. The topological polar surface area (TPSA) is 78.1 Å². The van der Waals surface area contributed by atoms with Gasteiger partial charge in [-0.3, -0.25) is 0 Å². The van der Waals surface area contributed by atoms with Crippen molar-refractivity contribution in [2.75, 3.05) is 0 Å². The molecule has 0 N–H and O–H groups in total. The molecule has 0 fully saturated rings. The summed E-state index contributed by atoms with van der Waals surface area (Å²) in [6, 6.07) is 0. The smallest absolute Gasteiger partial charge is 0.197 e. The third kappa shape index (κ3) is 4.37. The molecule has 0 aromatic carbocycles. The second-order valence-electron chi connectivity index (χ2n) is 7.96. The Kier molecular flexibility index (Phi) is 6.06.